The third kappa shape index (κ3) is 4.17. The van der Waals surface area contributed by atoms with Gasteiger partial charge in [-0.2, -0.15) is 0 Å². The van der Waals surface area contributed by atoms with Crippen molar-refractivity contribution in [1.29, 1.82) is 0 Å². The van der Waals surface area contributed by atoms with Gasteiger partial charge >= 0.3 is 0 Å². The third-order valence-corrected chi connectivity index (χ3v) is 5.30. The van der Waals surface area contributed by atoms with E-state index < -0.39 is 0 Å². The fourth-order valence-electron chi connectivity index (χ4n) is 3.73. The van der Waals surface area contributed by atoms with Crippen LogP contribution in [-0.4, -0.2) is 60.9 Å². The number of rotatable bonds is 4. The van der Waals surface area contributed by atoms with Gasteiger partial charge in [-0.25, -0.2) is 0 Å². The molecule has 1 fully saturated rings. The largest absolute Gasteiger partial charge is 0.491 e. The molecule has 0 radical (unpaired) electrons. The molecule has 0 spiro atoms. The number of para-hydroxylation sites is 2. The molecule has 0 aromatic heterocycles. The fraction of sp³-hybridized carbons (Fsp3) is 0.364. The van der Waals surface area contributed by atoms with Gasteiger partial charge in [0.1, 0.15) is 12.3 Å². The summed E-state index contributed by atoms with van der Waals surface area (Å²) in [6, 6.07) is 17.8. The van der Waals surface area contributed by atoms with Crippen molar-refractivity contribution in [2.45, 2.75) is 13.0 Å². The molecule has 0 aliphatic carbocycles. The highest BCUT2D eigenvalue weighted by molar-refractivity contribution is 6.00. The van der Waals surface area contributed by atoms with Gasteiger partial charge in [-0.3, -0.25) is 19.4 Å². The van der Waals surface area contributed by atoms with E-state index in [1.807, 2.05) is 35.2 Å². The number of hydrogen-bond donors (Lipinski definition) is 0. The first-order valence-corrected chi connectivity index (χ1v) is 9.77. The first-order chi connectivity index (χ1) is 13.7. The third-order valence-electron chi connectivity index (χ3n) is 5.30. The Morgan fingerprint density at radius 3 is 2.43 bits per heavy atom. The molecule has 28 heavy (non-hydrogen) atoms. The van der Waals surface area contributed by atoms with Crippen LogP contribution in [-0.2, 0) is 16.1 Å². The van der Waals surface area contributed by atoms with E-state index >= 15 is 0 Å². The lowest BCUT2D eigenvalue weighted by molar-refractivity contribution is -0.133. The molecule has 2 aliphatic heterocycles. The standard InChI is InChI=1S/C22H25N3O3/c26-21-10-15-28-20-9-5-4-8-19(20)25(21)17-22(27)24-13-11-23(12-14-24)16-18-6-2-1-3-7-18/h1-9H,10-17H2. The van der Waals surface area contributed by atoms with Crippen LogP contribution in [0.4, 0.5) is 5.69 Å². The van der Waals surface area contributed by atoms with Crippen LogP contribution in [0.5, 0.6) is 5.75 Å². The lowest BCUT2D eigenvalue weighted by Crippen LogP contribution is -2.51. The minimum Gasteiger partial charge on any atom is -0.491 e. The van der Waals surface area contributed by atoms with Gasteiger partial charge in [0, 0.05) is 32.7 Å². The van der Waals surface area contributed by atoms with E-state index in [0.717, 1.165) is 19.6 Å². The number of nitrogens with zero attached hydrogens (tertiary/aromatic N) is 3. The predicted octanol–water partition coefficient (Wildman–Crippen LogP) is 2.15. The Morgan fingerprint density at radius 1 is 0.929 bits per heavy atom. The maximum absolute atomic E-state index is 12.9. The predicted molar refractivity (Wildman–Crippen MR) is 107 cm³/mol. The van der Waals surface area contributed by atoms with E-state index in [9.17, 15) is 9.59 Å². The van der Waals surface area contributed by atoms with E-state index in [2.05, 4.69) is 29.2 Å². The van der Waals surface area contributed by atoms with Gasteiger partial charge in [0.05, 0.1) is 18.7 Å². The van der Waals surface area contributed by atoms with E-state index in [1.165, 1.54) is 5.56 Å². The van der Waals surface area contributed by atoms with Gasteiger partial charge < -0.3 is 9.64 Å². The number of carbonyl (C=O) groups excluding carboxylic acids is 2. The van der Waals surface area contributed by atoms with Crippen molar-refractivity contribution in [3.63, 3.8) is 0 Å². The monoisotopic (exact) mass is 379 g/mol. The summed E-state index contributed by atoms with van der Waals surface area (Å²) in [6.45, 7) is 4.37. The Labute approximate surface area is 165 Å². The molecule has 1 saturated heterocycles. The molecule has 2 aromatic carbocycles. The van der Waals surface area contributed by atoms with Gasteiger partial charge in [-0.1, -0.05) is 42.5 Å². The summed E-state index contributed by atoms with van der Waals surface area (Å²) < 4.78 is 5.65. The second-order valence-corrected chi connectivity index (χ2v) is 7.19. The van der Waals surface area contributed by atoms with E-state index in [4.69, 9.17) is 4.74 Å². The SMILES string of the molecule is O=C(CN1C(=O)CCOc2ccccc21)N1CCN(Cc2ccccc2)CC1. The van der Waals surface area contributed by atoms with Crippen molar-refractivity contribution >= 4 is 17.5 Å². The molecule has 2 amide bonds. The highest BCUT2D eigenvalue weighted by Crippen LogP contribution is 2.30. The number of amides is 2. The summed E-state index contributed by atoms with van der Waals surface area (Å²) in [4.78, 5) is 31.2. The minimum absolute atomic E-state index is 0.00980. The molecule has 2 aliphatic rings. The number of hydrogen-bond acceptors (Lipinski definition) is 4. The van der Waals surface area contributed by atoms with E-state index in [1.54, 1.807) is 4.90 Å². The molecule has 146 valence electrons. The normalized spacial score (nSPS) is 17.6. The van der Waals surface area contributed by atoms with Crippen LogP contribution in [0.15, 0.2) is 54.6 Å². The Kier molecular flexibility index (Phi) is 5.58. The Hall–Kier alpha value is -2.86. The van der Waals surface area contributed by atoms with Gasteiger partial charge in [-0.05, 0) is 17.7 Å². The van der Waals surface area contributed by atoms with Crippen LogP contribution in [0.3, 0.4) is 0 Å². The molecule has 0 bridgehead atoms. The zero-order valence-corrected chi connectivity index (χ0v) is 15.9. The summed E-state index contributed by atoms with van der Waals surface area (Å²) in [6.07, 6.45) is 0.285. The maximum Gasteiger partial charge on any atom is 0.242 e. The first kappa shape index (κ1) is 18.5. The molecular formula is C22H25N3O3. The van der Waals surface area contributed by atoms with Crippen molar-refractivity contribution in [2.24, 2.45) is 0 Å². The van der Waals surface area contributed by atoms with Gasteiger partial charge in [0.2, 0.25) is 11.8 Å². The summed E-state index contributed by atoms with van der Waals surface area (Å²) in [5.74, 6) is 0.583. The highest BCUT2D eigenvalue weighted by atomic mass is 16.5. The molecular weight excluding hydrogens is 354 g/mol. The maximum atomic E-state index is 12.9. The van der Waals surface area contributed by atoms with E-state index in [-0.39, 0.29) is 24.8 Å². The topological polar surface area (TPSA) is 53.1 Å². The zero-order valence-electron chi connectivity index (χ0n) is 15.9. The van der Waals surface area contributed by atoms with Gasteiger partial charge in [0.15, 0.2) is 0 Å². The minimum atomic E-state index is -0.0685. The number of fused-ring (bicyclic) bond motifs is 1. The quantitative estimate of drug-likeness (QED) is 0.817. The van der Waals surface area contributed by atoms with Crippen molar-refractivity contribution in [3.05, 3.63) is 60.2 Å². The van der Waals surface area contributed by atoms with Crippen LogP contribution in [0.1, 0.15) is 12.0 Å². The van der Waals surface area contributed by atoms with Crippen LogP contribution >= 0.6 is 0 Å². The number of piperazine rings is 1. The number of carbonyl (C=O) groups is 2. The van der Waals surface area contributed by atoms with Crippen LogP contribution < -0.4 is 9.64 Å². The van der Waals surface area contributed by atoms with Crippen molar-refractivity contribution in [1.82, 2.24) is 9.80 Å². The summed E-state index contributed by atoms with van der Waals surface area (Å²) >= 11 is 0. The fourth-order valence-corrected chi connectivity index (χ4v) is 3.73. The molecule has 0 saturated carbocycles. The zero-order chi connectivity index (χ0) is 19.3. The van der Waals surface area contributed by atoms with Crippen molar-refractivity contribution in [2.75, 3.05) is 44.2 Å². The molecule has 0 unspecified atom stereocenters. The van der Waals surface area contributed by atoms with Gasteiger partial charge in [-0.15, -0.1) is 0 Å². The summed E-state index contributed by atoms with van der Waals surface area (Å²) in [7, 11) is 0. The lowest BCUT2D eigenvalue weighted by Gasteiger charge is -2.35. The molecule has 6 heteroatoms. The second-order valence-electron chi connectivity index (χ2n) is 7.19. The second kappa shape index (κ2) is 8.44. The number of ether oxygens (including phenoxy) is 1. The molecule has 0 N–H and O–H groups in total. The average molecular weight is 379 g/mol. The molecule has 0 atom stereocenters. The van der Waals surface area contributed by atoms with Crippen LogP contribution in [0.25, 0.3) is 0 Å². The summed E-state index contributed by atoms with van der Waals surface area (Å²) in [5.41, 5.74) is 1.97. The van der Waals surface area contributed by atoms with E-state index in [0.29, 0.717) is 31.1 Å². The summed E-state index contributed by atoms with van der Waals surface area (Å²) in [5, 5.41) is 0. The van der Waals surface area contributed by atoms with Crippen molar-refractivity contribution < 1.29 is 14.3 Å². The Balaban J connectivity index is 1.36. The smallest absolute Gasteiger partial charge is 0.242 e. The molecule has 2 aromatic rings. The van der Waals surface area contributed by atoms with Crippen LogP contribution in [0.2, 0.25) is 0 Å². The number of anilines is 1. The molecule has 4 rings (SSSR count). The molecule has 6 nitrogen and oxygen atoms in total. The Bertz CT molecular complexity index is 832. The lowest BCUT2D eigenvalue weighted by atomic mass is 10.2. The highest BCUT2D eigenvalue weighted by Gasteiger charge is 2.28. The Morgan fingerprint density at radius 2 is 1.64 bits per heavy atom. The van der Waals surface area contributed by atoms with Crippen molar-refractivity contribution in [3.8, 4) is 5.75 Å². The van der Waals surface area contributed by atoms with Crippen LogP contribution in [0, 0.1) is 0 Å². The van der Waals surface area contributed by atoms with Gasteiger partial charge in [0.25, 0.3) is 0 Å². The number of benzene rings is 2. The average Bonchev–Trinajstić information content (AvgIpc) is 2.88. The first-order valence-electron chi connectivity index (χ1n) is 9.77. The molecule has 2 heterocycles.